The zero-order chi connectivity index (χ0) is 16.5. The molecular formula is C19H19N3O2. The van der Waals surface area contributed by atoms with Gasteiger partial charge >= 0.3 is 0 Å². The largest absolute Gasteiger partial charge is 0.493 e. The zero-order valence-electron chi connectivity index (χ0n) is 13.8. The summed E-state index contributed by atoms with van der Waals surface area (Å²) < 4.78 is 10.9. The molecule has 0 fully saturated rings. The molecule has 0 saturated carbocycles. The molecule has 122 valence electrons. The molecule has 2 aromatic carbocycles. The summed E-state index contributed by atoms with van der Waals surface area (Å²) in [6.07, 6.45) is 0.933. The molecule has 4 rings (SSSR count). The summed E-state index contributed by atoms with van der Waals surface area (Å²) in [6.45, 7) is 5.42. The van der Waals surface area contributed by atoms with E-state index in [9.17, 15) is 0 Å². The fraction of sp³-hybridized carbons (Fsp3) is 0.263. The molecule has 0 aliphatic carbocycles. The molecule has 0 radical (unpaired) electrons. The molecule has 1 aliphatic heterocycles. The van der Waals surface area contributed by atoms with Crippen molar-refractivity contribution < 1.29 is 9.26 Å². The Morgan fingerprint density at radius 1 is 1.12 bits per heavy atom. The first-order valence-electron chi connectivity index (χ1n) is 8.09. The lowest BCUT2D eigenvalue weighted by Gasteiger charge is -2.10. The van der Waals surface area contributed by atoms with Crippen LogP contribution in [0.5, 0.6) is 5.75 Å². The highest BCUT2D eigenvalue weighted by Crippen LogP contribution is 2.29. The average Bonchev–Trinajstić information content (AvgIpc) is 3.22. The Hall–Kier alpha value is -2.82. The fourth-order valence-corrected chi connectivity index (χ4v) is 3.03. The van der Waals surface area contributed by atoms with Gasteiger partial charge in [-0.15, -0.1) is 0 Å². The summed E-state index contributed by atoms with van der Waals surface area (Å²) >= 11 is 0. The normalized spacial score (nSPS) is 12.8. The zero-order valence-corrected chi connectivity index (χ0v) is 13.8. The van der Waals surface area contributed by atoms with Gasteiger partial charge in [-0.3, -0.25) is 0 Å². The van der Waals surface area contributed by atoms with Gasteiger partial charge in [0.25, 0.3) is 0 Å². The van der Waals surface area contributed by atoms with Crippen LogP contribution in [0.4, 0.5) is 5.69 Å². The maximum absolute atomic E-state index is 5.53. The molecule has 0 spiro atoms. The van der Waals surface area contributed by atoms with E-state index in [1.807, 2.05) is 12.1 Å². The molecule has 1 N–H and O–H groups in total. The van der Waals surface area contributed by atoms with Crippen molar-refractivity contribution in [2.75, 3.05) is 11.9 Å². The van der Waals surface area contributed by atoms with Crippen molar-refractivity contribution in [1.29, 1.82) is 0 Å². The molecule has 0 saturated heterocycles. The molecule has 3 aromatic rings. The van der Waals surface area contributed by atoms with Gasteiger partial charge < -0.3 is 14.6 Å². The average molecular weight is 321 g/mol. The third-order valence-corrected chi connectivity index (χ3v) is 4.31. The van der Waals surface area contributed by atoms with Crippen molar-refractivity contribution in [2.45, 2.75) is 26.8 Å². The van der Waals surface area contributed by atoms with Crippen LogP contribution in [-0.4, -0.2) is 16.7 Å². The van der Waals surface area contributed by atoms with E-state index in [2.05, 4.69) is 53.6 Å². The number of nitrogens with zero attached hydrogens (tertiary/aromatic N) is 2. The van der Waals surface area contributed by atoms with Crippen molar-refractivity contribution in [2.24, 2.45) is 0 Å². The predicted octanol–water partition coefficient (Wildman–Crippen LogP) is 3.90. The lowest BCUT2D eigenvalue weighted by atomic mass is 10.1. The van der Waals surface area contributed by atoms with Gasteiger partial charge in [0.2, 0.25) is 11.7 Å². The highest BCUT2D eigenvalue weighted by molar-refractivity contribution is 5.59. The van der Waals surface area contributed by atoms with E-state index in [4.69, 9.17) is 9.26 Å². The summed E-state index contributed by atoms with van der Waals surface area (Å²) in [5.74, 6) is 2.14. The van der Waals surface area contributed by atoms with Gasteiger partial charge in [0, 0.05) is 17.7 Å². The molecule has 1 aromatic heterocycles. The number of ether oxygens (including phenoxy) is 1. The minimum absolute atomic E-state index is 0.507. The van der Waals surface area contributed by atoms with E-state index in [0.717, 1.165) is 30.0 Å². The summed E-state index contributed by atoms with van der Waals surface area (Å²) in [6, 6.07) is 12.2. The predicted molar refractivity (Wildman–Crippen MR) is 92.2 cm³/mol. The van der Waals surface area contributed by atoms with Gasteiger partial charge in [0.1, 0.15) is 5.75 Å². The first-order valence-corrected chi connectivity index (χ1v) is 8.09. The molecule has 0 amide bonds. The number of rotatable bonds is 4. The van der Waals surface area contributed by atoms with Gasteiger partial charge in [-0.1, -0.05) is 23.4 Å². The Bertz CT molecular complexity index is 866. The van der Waals surface area contributed by atoms with Gasteiger partial charge in [-0.05, 0) is 48.7 Å². The lowest BCUT2D eigenvalue weighted by Crippen LogP contribution is -2.03. The van der Waals surface area contributed by atoms with E-state index in [1.165, 1.54) is 16.7 Å². The summed E-state index contributed by atoms with van der Waals surface area (Å²) in [5, 5.41) is 7.49. The standard InChI is InChI=1S/C19H19N3O2/c1-12-4-3-5-13(2)18(12)20-11-17-21-19(22-24-17)15-6-7-16-14(10-15)8-9-23-16/h3-7,10,20H,8-9,11H2,1-2H3. The number of para-hydroxylation sites is 1. The monoisotopic (exact) mass is 321 g/mol. The minimum atomic E-state index is 0.507. The Morgan fingerprint density at radius 2 is 1.96 bits per heavy atom. The van der Waals surface area contributed by atoms with E-state index in [-0.39, 0.29) is 0 Å². The molecule has 1 aliphatic rings. The van der Waals surface area contributed by atoms with E-state index in [1.54, 1.807) is 0 Å². The van der Waals surface area contributed by atoms with E-state index in [0.29, 0.717) is 18.3 Å². The van der Waals surface area contributed by atoms with Crippen LogP contribution in [-0.2, 0) is 13.0 Å². The van der Waals surface area contributed by atoms with Crippen molar-refractivity contribution in [3.8, 4) is 17.1 Å². The van der Waals surface area contributed by atoms with Crippen molar-refractivity contribution in [1.82, 2.24) is 10.1 Å². The van der Waals surface area contributed by atoms with E-state index >= 15 is 0 Å². The van der Waals surface area contributed by atoms with Gasteiger partial charge in [0.15, 0.2) is 0 Å². The molecule has 0 atom stereocenters. The summed E-state index contributed by atoms with van der Waals surface area (Å²) in [7, 11) is 0. The number of fused-ring (bicyclic) bond motifs is 1. The SMILES string of the molecule is Cc1cccc(C)c1NCc1nc(-c2ccc3c(c2)CCO3)no1. The van der Waals surface area contributed by atoms with Crippen LogP contribution in [0.2, 0.25) is 0 Å². The number of hydrogen-bond acceptors (Lipinski definition) is 5. The summed E-state index contributed by atoms with van der Waals surface area (Å²) in [5.41, 5.74) is 5.68. The van der Waals surface area contributed by atoms with Crippen molar-refractivity contribution >= 4 is 5.69 Å². The molecule has 5 nitrogen and oxygen atoms in total. The van der Waals surface area contributed by atoms with Gasteiger partial charge in [-0.2, -0.15) is 4.98 Å². The smallest absolute Gasteiger partial charge is 0.246 e. The van der Waals surface area contributed by atoms with Crippen LogP contribution < -0.4 is 10.1 Å². The number of anilines is 1. The number of aromatic nitrogens is 2. The number of hydrogen-bond donors (Lipinski definition) is 1. The molecule has 0 bridgehead atoms. The molecule has 24 heavy (non-hydrogen) atoms. The highest BCUT2D eigenvalue weighted by atomic mass is 16.5. The molecule has 0 unspecified atom stereocenters. The minimum Gasteiger partial charge on any atom is -0.493 e. The van der Waals surface area contributed by atoms with Gasteiger partial charge in [0.05, 0.1) is 13.2 Å². The second-order valence-corrected chi connectivity index (χ2v) is 6.05. The van der Waals surface area contributed by atoms with Crippen molar-refractivity contribution in [3.05, 3.63) is 59.0 Å². The molecule has 2 heterocycles. The van der Waals surface area contributed by atoms with Crippen LogP contribution in [0, 0.1) is 13.8 Å². The summed E-state index contributed by atoms with van der Waals surface area (Å²) in [4.78, 5) is 4.50. The Morgan fingerprint density at radius 3 is 2.79 bits per heavy atom. The maximum Gasteiger partial charge on any atom is 0.246 e. The number of benzene rings is 2. The number of aryl methyl sites for hydroxylation is 2. The second kappa shape index (κ2) is 6.00. The fourth-order valence-electron chi connectivity index (χ4n) is 3.03. The molecule has 5 heteroatoms. The van der Waals surface area contributed by atoms with Crippen molar-refractivity contribution in [3.63, 3.8) is 0 Å². The first kappa shape index (κ1) is 14.8. The highest BCUT2D eigenvalue weighted by Gasteiger charge is 2.15. The number of nitrogens with one attached hydrogen (secondary N) is 1. The van der Waals surface area contributed by atoms with Crippen LogP contribution >= 0.6 is 0 Å². The van der Waals surface area contributed by atoms with Crippen LogP contribution in [0.25, 0.3) is 11.4 Å². The van der Waals surface area contributed by atoms with Gasteiger partial charge in [-0.25, -0.2) is 0 Å². The Balaban J connectivity index is 1.51. The topological polar surface area (TPSA) is 60.2 Å². The Labute approximate surface area is 140 Å². The van der Waals surface area contributed by atoms with Crippen LogP contribution in [0.3, 0.4) is 0 Å². The Kier molecular flexibility index (Phi) is 3.69. The first-order chi connectivity index (χ1) is 11.7. The van der Waals surface area contributed by atoms with E-state index < -0.39 is 0 Å². The maximum atomic E-state index is 5.53. The third-order valence-electron chi connectivity index (χ3n) is 4.31. The van der Waals surface area contributed by atoms with Crippen LogP contribution in [0.15, 0.2) is 40.9 Å². The third kappa shape index (κ3) is 2.73. The lowest BCUT2D eigenvalue weighted by molar-refractivity contribution is 0.357. The van der Waals surface area contributed by atoms with Crippen LogP contribution in [0.1, 0.15) is 22.6 Å². The second-order valence-electron chi connectivity index (χ2n) is 6.05. The quantitative estimate of drug-likeness (QED) is 0.789. The molecular weight excluding hydrogens is 302 g/mol.